The highest BCUT2D eigenvalue weighted by Crippen LogP contribution is 2.38. The van der Waals surface area contributed by atoms with Gasteiger partial charge in [0.1, 0.15) is 13.2 Å². The number of aliphatic hydroxyl groups excluding tert-OH is 1. The van der Waals surface area contributed by atoms with Crippen LogP contribution in [0.3, 0.4) is 0 Å². The van der Waals surface area contributed by atoms with Crippen LogP contribution in [0.1, 0.15) is 290 Å². The van der Waals surface area contributed by atoms with Gasteiger partial charge in [-0.3, -0.25) is 9.36 Å². The molecule has 0 aromatic carbocycles. The summed E-state index contributed by atoms with van der Waals surface area (Å²) in [6.45, 7) is 4.61. The van der Waals surface area contributed by atoms with Crippen LogP contribution in [-0.2, 0) is 18.4 Å². The molecule has 0 aliphatic heterocycles. The number of nitrogens with one attached hydrogen (secondary N) is 1. The van der Waals surface area contributed by atoms with Crippen molar-refractivity contribution in [1.82, 2.24) is 5.32 Å². The van der Waals surface area contributed by atoms with Gasteiger partial charge in [-0.25, -0.2) is 0 Å². The van der Waals surface area contributed by atoms with Crippen molar-refractivity contribution in [1.29, 1.82) is 0 Å². The minimum atomic E-state index is -4.61. The third kappa shape index (κ3) is 57.7. The molecule has 428 valence electrons. The average molecular weight is 1050 g/mol. The van der Waals surface area contributed by atoms with Crippen LogP contribution < -0.4 is 10.2 Å². The van der Waals surface area contributed by atoms with E-state index in [0.29, 0.717) is 17.4 Å². The zero-order chi connectivity index (χ0) is 53.5. The average Bonchev–Trinajstić information content (AvgIpc) is 3.35. The summed E-state index contributed by atoms with van der Waals surface area (Å²) in [5.74, 6) is -0.210. The van der Waals surface area contributed by atoms with Crippen molar-refractivity contribution >= 4 is 13.7 Å². The summed E-state index contributed by atoms with van der Waals surface area (Å²) in [6, 6.07) is -0.910. The summed E-state index contributed by atoms with van der Waals surface area (Å²) < 4.78 is 23.3. The van der Waals surface area contributed by atoms with Gasteiger partial charge in [0.05, 0.1) is 39.9 Å². The van der Waals surface area contributed by atoms with E-state index in [0.717, 1.165) is 57.8 Å². The van der Waals surface area contributed by atoms with E-state index < -0.39 is 26.6 Å². The van der Waals surface area contributed by atoms with E-state index >= 15 is 0 Å². The van der Waals surface area contributed by atoms with Gasteiger partial charge in [-0.15, -0.1) is 0 Å². The fourth-order valence-electron chi connectivity index (χ4n) is 9.04. The molecule has 0 bridgehead atoms. The Hall–Kier alpha value is -1.80. The molecular formula is C64H121N2O6P. The van der Waals surface area contributed by atoms with E-state index in [1.165, 1.54) is 212 Å². The molecule has 0 rings (SSSR count). The maximum Gasteiger partial charge on any atom is 0.268 e. The van der Waals surface area contributed by atoms with Gasteiger partial charge >= 0.3 is 0 Å². The van der Waals surface area contributed by atoms with Crippen molar-refractivity contribution < 1.29 is 32.9 Å². The normalized spacial score (nSPS) is 14.2. The molecule has 1 amide bonds. The first kappa shape index (κ1) is 71.2. The van der Waals surface area contributed by atoms with Gasteiger partial charge < -0.3 is 28.8 Å². The molecule has 0 aromatic rings. The van der Waals surface area contributed by atoms with Gasteiger partial charge in [0, 0.05) is 6.42 Å². The monoisotopic (exact) mass is 1040 g/mol. The number of phosphoric acid groups is 1. The maximum absolute atomic E-state index is 13.0. The van der Waals surface area contributed by atoms with E-state index in [1.807, 2.05) is 27.2 Å². The molecule has 0 fully saturated rings. The van der Waals surface area contributed by atoms with Gasteiger partial charge in [0.25, 0.3) is 7.82 Å². The standard InChI is InChI=1S/C64H121N2O6P/c1-6-8-10-12-14-16-18-20-22-23-24-25-26-27-28-29-30-31-32-33-34-35-36-37-38-39-40-41-42-43-44-46-48-50-52-54-56-58-64(68)65-62(61-72-73(69,70)71-60-59-66(3,4)5)63(67)57-55-53-51-49-47-45-21-19-17-15-13-11-9-7-2/h17,19,28-29,31-32,47,49,55,57,62-63,67H,6-16,18,20-27,30,33-46,48,50-54,56,58-61H2,1-5H3,(H-,65,68,69,70)/b19-17+,29-28-,32-31-,49-47+,57-55+. The van der Waals surface area contributed by atoms with Crippen LogP contribution in [0.15, 0.2) is 60.8 Å². The Morgan fingerprint density at radius 1 is 0.479 bits per heavy atom. The molecule has 0 aromatic heterocycles. The third-order valence-corrected chi connectivity index (χ3v) is 14.9. The number of unbranched alkanes of at least 4 members (excludes halogenated alkanes) is 36. The number of nitrogens with zero attached hydrogens (tertiary/aromatic N) is 1. The van der Waals surface area contributed by atoms with E-state index in [-0.39, 0.29) is 12.5 Å². The Morgan fingerprint density at radius 2 is 0.808 bits per heavy atom. The van der Waals surface area contributed by atoms with E-state index in [9.17, 15) is 19.4 Å². The Bertz CT molecular complexity index is 1370. The topological polar surface area (TPSA) is 108 Å². The number of phosphoric ester groups is 1. The van der Waals surface area contributed by atoms with Crippen LogP contribution in [0, 0.1) is 0 Å². The Morgan fingerprint density at radius 3 is 1.21 bits per heavy atom. The molecule has 73 heavy (non-hydrogen) atoms. The third-order valence-electron chi connectivity index (χ3n) is 13.9. The van der Waals surface area contributed by atoms with Gasteiger partial charge in [-0.05, 0) is 77.0 Å². The first-order valence-electron chi connectivity index (χ1n) is 31.2. The fourth-order valence-corrected chi connectivity index (χ4v) is 9.76. The summed E-state index contributed by atoms with van der Waals surface area (Å²) in [7, 11) is 1.24. The highest BCUT2D eigenvalue weighted by molar-refractivity contribution is 7.45. The fraction of sp³-hybridized carbons (Fsp3) is 0.828. The number of hydrogen-bond donors (Lipinski definition) is 2. The number of quaternary nitrogens is 1. The number of hydrogen-bond acceptors (Lipinski definition) is 6. The van der Waals surface area contributed by atoms with Gasteiger partial charge in [0.2, 0.25) is 5.91 Å². The van der Waals surface area contributed by atoms with Crippen LogP contribution in [0.4, 0.5) is 0 Å². The van der Waals surface area contributed by atoms with Crippen molar-refractivity contribution in [2.24, 2.45) is 0 Å². The van der Waals surface area contributed by atoms with Crippen molar-refractivity contribution in [3.63, 3.8) is 0 Å². The molecule has 0 saturated carbocycles. The molecule has 0 aliphatic rings. The van der Waals surface area contributed by atoms with Crippen LogP contribution in [0.5, 0.6) is 0 Å². The molecule has 0 saturated heterocycles. The molecule has 0 radical (unpaired) electrons. The smallest absolute Gasteiger partial charge is 0.268 e. The van der Waals surface area contributed by atoms with E-state index in [2.05, 4.69) is 67.8 Å². The Labute approximate surface area is 453 Å². The largest absolute Gasteiger partial charge is 0.756 e. The first-order valence-corrected chi connectivity index (χ1v) is 32.6. The van der Waals surface area contributed by atoms with Crippen LogP contribution >= 0.6 is 7.82 Å². The summed E-state index contributed by atoms with van der Waals surface area (Å²) in [5, 5.41) is 13.8. The quantitative estimate of drug-likeness (QED) is 0.0272. The number of likely N-dealkylation sites (N-methyl/N-ethyl adjacent to an activating group) is 1. The lowest BCUT2D eigenvalue weighted by molar-refractivity contribution is -0.870. The van der Waals surface area contributed by atoms with Crippen molar-refractivity contribution in [3.8, 4) is 0 Å². The molecular weight excluding hydrogens is 924 g/mol. The van der Waals surface area contributed by atoms with E-state index in [4.69, 9.17) is 9.05 Å². The lowest BCUT2D eigenvalue weighted by Gasteiger charge is -2.29. The Kier molecular flexibility index (Phi) is 53.6. The predicted molar refractivity (Wildman–Crippen MR) is 316 cm³/mol. The van der Waals surface area contributed by atoms with Gasteiger partial charge in [0.15, 0.2) is 0 Å². The SMILES string of the molecule is CCCCCC/C=C/CC/C=C/CC/C=C/C(O)C(COP(=O)([O-])OCC[N+](C)(C)C)NC(=O)CCCCCCCCCCCCCCCCCCC/C=C\C/C=C\CCCCCCCCCCCCCCC. The highest BCUT2D eigenvalue weighted by Gasteiger charge is 2.23. The zero-order valence-corrected chi connectivity index (χ0v) is 49.7. The Balaban J connectivity index is 3.98. The molecule has 0 aliphatic carbocycles. The number of carbonyl (C=O) groups excluding carboxylic acids is 1. The van der Waals surface area contributed by atoms with Gasteiger partial charge in [-0.1, -0.05) is 267 Å². The second-order valence-corrected chi connectivity index (χ2v) is 23.8. The lowest BCUT2D eigenvalue weighted by atomic mass is 10.0. The van der Waals surface area contributed by atoms with Crippen molar-refractivity contribution in [2.75, 3.05) is 40.9 Å². The number of amides is 1. The number of rotatable bonds is 57. The lowest BCUT2D eigenvalue weighted by Crippen LogP contribution is -2.45. The molecule has 9 heteroatoms. The zero-order valence-electron chi connectivity index (χ0n) is 48.8. The number of aliphatic hydroxyl groups is 1. The van der Waals surface area contributed by atoms with E-state index in [1.54, 1.807) is 6.08 Å². The molecule has 2 N–H and O–H groups in total. The van der Waals surface area contributed by atoms with Crippen molar-refractivity contribution in [3.05, 3.63) is 60.8 Å². The predicted octanol–water partition coefficient (Wildman–Crippen LogP) is 18.6. The minimum Gasteiger partial charge on any atom is -0.756 e. The molecule has 8 nitrogen and oxygen atoms in total. The van der Waals surface area contributed by atoms with Crippen molar-refractivity contribution in [2.45, 2.75) is 302 Å². The molecule has 0 heterocycles. The van der Waals surface area contributed by atoms with Crippen LogP contribution in [0.25, 0.3) is 0 Å². The first-order chi connectivity index (χ1) is 35.5. The van der Waals surface area contributed by atoms with Crippen LogP contribution in [-0.4, -0.2) is 68.5 Å². The number of allylic oxidation sites excluding steroid dienone is 9. The second kappa shape index (κ2) is 55.0. The molecule has 3 atom stereocenters. The summed E-state index contributed by atoms with van der Waals surface area (Å²) in [5.41, 5.74) is 0. The highest BCUT2D eigenvalue weighted by atomic mass is 31.2. The minimum absolute atomic E-state index is 0.00980. The summed E-state index contributed by atoms with van der Waals surface area (Å²) >= 11 is 0. The van der Waals surface area contributed by atoms with Crippen LogP contribution in [0.2, 0.25) is 0 Å². The van der Waals surface area contributed by atoms with Gasteiger partial charge in [-0.2, -0.15) is 0 Å². The maximum atomic E-state index is 13.0. The molecule has 0 spiro atoms. The molecule has 3 unspecified atom stereocenters. The number of carbonyl (C=O) groups is 1. The second-order valence-electron chi connectivity index (χ2n) is 22.4. The summed E-state index contributed by atoms with van der Waals surface area (Å²) in [6.07, 6.45) is 74.8. The summed E-state index contributed by atoms with van der Waals surface area (Å²) in [4.78, 5) is 25.5.